The third-order valence-electron chi connectivity index (χ3n) is 4.06. The van der Waals surface area contributed by atoms with E-state index in [0.29, 0.717) is 5.56 Å². The van der Waals surface area contributed by atoms with Gasteiger partial charge in [-0.1, -0.05) is 35.3 Å². The summed E-state index contributed by atoms with van der Waals surface area (Å²) < 4.78 is 45.0. The van der Waals surface area contributed by atoms with Gasteiger partial charge in [0, 0.05) is 16.9 Å². The van der Waals surface area contributed by atoms with E-state index >= 15 is 0 Å². The third-order valence-corrected chi connectivity index (χ3v) is 4.80. The van der Waals surface area contributed by atoms with Crippen molar-refractivity contribution in [2.75, 3.05) is 17.2 Å². The number of anilines is 2. The molecule has 0 bridgehead atoms. The first-order valence-corrected chi connectivity index (χ1v) is 9.26. The minimum absolute atomic E-state index is 0.0583. The van der Waals surface area contributed by atoms with Gasteiger partial charge in [0.05, 0.1) is 16.7 Å². The van der Waals surface area contributed by atoms with Gasteiger partial charge in [0.15, 0.2) is 0 Å². The Morgan fingerprint density at radius 2 is 1.73 bits per heavy atom. The van der Waals surface area contributed by atoms with Crippen LogP contribution < -0.4 is 10.6 Å². The molecule has 6 nitrogen and oxygen atoms in total. The number of urea groups is 1. The molecule has 11 heteroatoms. The number of hydrogen-bond acceptors (Lipinski definition) is 4. The van der Waals surface area contributed by atoms with Crippen molar-refractivity contribution in [2.24, 2.45) is 0 Å². The van der Waals surface area contributed by atoms with E-state index in [-0.39, 0.29) is 28.0 Å². The summed E-state index contributed by atoms with van der Waals surface area (Å²) >= 11 is 11.7. The molecule has 3 N–H and O–H groups in total. The van der Waals surface area contributed by atoms with Gasteiger partial charge in [-0.25, -0.2) is 9.59 Å². The summed E-state index contributed by atoms with van der Waals surface area (Å²) in [5.41, 5.74) is -4.08. The number of carbonyl (C=O) groups excluding carboxylic acids is 2. The quantitative estimate of drug-likeness (QED) is 0.526. The minimum atomic E-state index is -5.35. The van der Waals surface area contributed by atoms with Crippen LogP contribution in [0.5, 0.6) is 0 Å². The molecule has 0 aromatic heterocycles. The SMILES string of the molecule is CCOC(=O)[C@@](O)(c1ccc(C)c(NC(=O)Nc2ccc(Cl)c(Cl)c2)c1)C(F)(F)F. The Balaban J connectivity index is 2.34. The van der Waals surface area contributed by atoms with E-state index in [9.17, 15) is 27.9 Å². The Hall–Kier alpha value is -2.49. The van der Waals surface area contributed by atoms with Crippen molar-refractivity contribution in [3.05, 3.63) is 57.6 Å². The van der Waals surface area contributed by atoms with E-state index in [1.807, 2.05) is 0 Å². The van der Waals surface area contributed by atoms with E-state index < -0.39 is 29.3 Å². The second-order valence-corrected chi connectivity index (χ2v) is 6.98. The lowest BCUT2D eigenvalue weighted by Crippen LogP contribution is -2.50. The molecular formula is C19H17Cl2F3N2O4. The number of carbonyl (C=O) groups is 2. The molecule has 0 aliphatic heterocycles. The lowest BCUT2D eigenvalue weighted by molar-refractivity contribution is -0.267. The molecule has 2 amide bonds. The van der Waals surface area contributed by atoms with E-state index in [1.54, 1.807) is 0 Å². The molecule has 30 heavy (non-hydrogen) atoms. The van der Waals surface area contributed by atoms with Crippen LogP contribution in [-0.2, 0) is 15.1 Å². The van der Waals surface area contributed by atoms with Crippen molar-refractivity contribution in [2.45, 2.75) is 25.6 Å². The molecule has 1 atom stereocenters. The predicted molar refractivity (Wildman–Crippen MR) is 107 cm³/mol. The number of hydrogen-bond donors (Lipinski definition) is 3. The number of benzene rings is 2. The molecule has 2 rings (SSSR count). The molecule has 2 aromatic carbocycles. The summed E-state index contributed by atoms with van der Waals surface area (Å²) in [7, 11) is 0. The smallest absolute Gasteiger partial charge is 0.432 e. The lowest BCUT2D eigenvalue weighted by atomic mass is 9.91. The monoisotopic (exact) mass is 464 g/mol. The van der Waals surface area contributed by atoms with E-state index in [2.05, 4.69) is 15.4 Å². The Morgan fingerprint density at radius 1 is 1.07 bits per heavy atom. The number of aliphatic hydroxyl groups is 1. The standard InChI is InChI=1S/C19H17Cl2F3N2O4/c1-3-30-16(27)18(29,19(22,23)24)11-5-4-10(2)15(8-11)26-17(28)25-12-6-7-13(20)14(21)9-12/h4-9,29H,3H2,1-2H3,(H2,25,26,28)/t18-/m0/s1. The molecule has 0 spiro atoms. The number of alkyl halides is 3. The number of halogens is 5. The largest absolute Gasteiger partial charge is 0.463 e. The summed E-state index contributed by atoms with van der Waals surface area (Å²) in [6.07, 6.45) is -5.35. The number of esters is 1. The van der Waals surface area contributed by atoms with Crippen LogP contribution in [0.25, 0.3) is 0 Å². The van der Waals surface area contributed by atoms with Crippen LogP contribution in [0.1, 0.15) is 18.1 Å². The highest BCUT2D eigenvalue weighted by Crippen LogP contribution is 2.41. The predicted octanol–water partition coefficient (Wildman–Crippen LogP) is 5.26. The van der Waals surface area contributed by atoms with Gasteiger partial charge in [-0.2, -0.15) is 13.2 Å². The molecule has 0 heterocycles. The molecule has 0 radical (unpaired) electrons. The lowest BCUT2D eigenvalue weighted by Gasteiger charge is -2.29. The van der Waals surface area contributed by atoms with Crippen LogP contribution in [0.3, 0.4) is 0 Å². The van der Waals surface area contributed by atoms with E-state index in [4.69, 9.17) is 23.2 Å². The summed E-state index contributed by atoms with van der Waals surface area (Å²) in [4.78, 5) is 24.2. The molecule has 0 aliphatic carbocycles. The molecule has 0 aliphatic rings. The Bertz CT molecular complexity index is 969. The van der Waals surface area contributed by atoms with Crippen molar-refractivity contribution in [3.8, 4) is 0 Å². The minimum Gasteiger partial charge on any atom is -0.463 e. The molecule has 162 valence electrons. The van der Waals surface area contributed by atoms with Gasteiger partial charge in [-0.3, -0.25) is 0 Å². The van der Waals surface area contributed by atoms with Gasteiger partial charge >= 0.3 is 18.2 Å². The van der Waals surface area contributed by atoms with Crippen molar-refractivity contribution in [3.63, 3.8) is 0 Å². The first-order chi connectivity index (χ1) is 13.9. The zero-order chi connectivity index (χ0) is 22.7. The number of ether oxygens (including phenoxy) is 1. The fourth-order valence-corrected chi connectivity index (χ4v) is 2.77. The fraction of sp³-hybridized carbons (Fsp3) is 0.263. The summed E-state index contributed by atoms with van der Waals surface area (Å²) in [5.74, 6) is -1.87. The Morgan fingerprint density at radius 3 is 2.30 bits per heavy atom. The molecule has 0 fully saturated rings. The van der Waals surface area contributed by atoms with Crippen molar-refractivity contribution in [1.29, 1.82) is 0 Å². The maximum atomic E-state index is 13.5. The summed E-state index contributed by atoms with van der Waals surface area (Å²) in [6, 6.07) is 6.53. The third kappa shape index (κ3) is 4.97. The van der Waals surface area contributed by atoms with Crippen LogP contribution in [0.15, 0.2) is 36.4 Å². The first kappa shape index (κ1) is 23.8. The average Bonchev–Trinajstić information content (AvgIpc) is 2.65. The molecule has 0 saturated heterocycles. The zero-order valence-electron chi connectivity index (χ0n) is 15.7. The van der Waals surface area contributed by atoms with Crippen LogP contribution in [0.2, 0.25) is 10.0 Å². The number of aryl methyl sites for hydroxylation is 1. The van der Waals surface area contributed by atoms with Crippen molar-refractivity contribution >= 4 is 46.6 Å². The Kier molecular flexibility index (Phi) is 7.23. The highest BCUT2D eigenvalue weighted by atomic mass is 35.5. The van der Waals surface area contributed by atoms with Crippen LogP contribution >= 0.6 is 23.2 Å². The van der Waals surface area contributed by atoms with Gasteiger partial charge in [0.1, 0.15) is 0 Å². The van der Waals surface area contributed by atoms with Crippen LogP contribution in [0.4, 0.5) is 29.3 Å². The fourth-order valence-electron chi connectivity index (χ4n) is 2.47. The van der Waals surface area contributed by atoms with Gasteiger partial charge < -0.3 is 20.5 Å². The van der Waals surface area contributed by atoms with E-state index in [1.165, 1.54) is 38.1 Å². The molecule has 2 aromatic rings. The number of nitrogens with one attached hydrogen (secondary N) is 2. The highest BCUT2D eigenvalue weighted by Gasteiger charge is 2.62. The summed E-state index contributed by atoms with van der Waals surface area (Å²) in [5, 5.41) is 15.5. The molecule has 0 saturated carbocycles. The van der Waals surface area contributed by atoms with Gasteiger partial charge in [-0.15, -0.1) is 0 Å². The normalized spacial score (nSPS) is 13.3. The number of rotatable bonds is 5. The second-order valence-electron chi connectivity index (χ2n) is 6.17. The maximum Gasteiger partial charge on any atom is 0.432 e. The molecule has 0 unspecified atom stereocenters. The van der Waals surface area contributed by atoms with Gasteiger partial charge in [0.25, 0.3) is 5.60 Å². The Labute approximate surface area is 179 Å². The highest BCUT2D eigenvalue weighted by molar-refractivity contribution is 6.42. The second kappa shape index (κ2) is 9.11. The van der Waals surface area contributed by atoms with Crippen LogP contribution in [0, 0.1) is 6.92 Å². The topological polar surface area (TPSA) is 87.7 Å². The molecular weight excluding hydrogens is 448 g/mol. The zero-order valence-corrected chi connectivity index (χ0v) is 17.2. The van der Waals surface area contributed by atoms with E-state index in [0.717, 1.165) is 12.1 Å². The summed E-state index contributed by atoms with van der Waals surface area (Å²) in [6.45, 7) is 2.47. The van der Waals surface area contributed by atoms with Crippen LogP contribution in [-0.4, -0.2) is 29.9 Å². The first-order valence-electron chi connectivity index (χ1n) is 8.50. The van der Waals surface area contributed by atoms with Crippen molar-refractivity contribution < 1.29 is 32.6 Å². The van der Waals surface area contributed by atoms with Crippen molar-refractivity contribution in [1.82, 2.24) is 0 Å². The van der Waals surface area contributed by atoms with Gasteiger partial charge in [-0.05, 0) is 43.7 Å². The van der Waals surface area contributed by atoms with Gasteiger partial charge in [0.2, 0.25) is 0 Å². The number of amides is 2. The maximum absolute atomic E-state index is 13.5. The average molecular weight is 465 g/mol.